The average molecular weight is 425 g/mol. The third kappa shape index (κ3) is 4.05. The van der Waals surface area contributed by atoms with Crippen molar-refractivity contribution in [1.82, 2.24) is 0 Å². The van der Waals surface area contributed by atoms with E-state index in [9.17, 15) is 19.8 Å². The molecule has 2 fully saturated rings. The number of aliphatic hydroxyl groups is 2. The summed E-state index contributed by atoms with van der Waals surface area (Å²) < 4.78 is 10.8. The second-order valence-electron chi connectivity index (χ2n) is 10.9. The standard InChI is InChI=1S/C24H40O6/c1-15(2)29-19(25)23(27)17(11-13-21(23,5)6)9-10-18-12-14-22(7,8)24(18,28)20(26)30-16(3)4/h9-10,15-18,27-28H,11-14H2,1-8H3/b10-9+/t17-,18+,23+,24-. The molecule has 172 valence electrons. The SMILES string of the molecule is CC(C)OC(=O)[C@@]1(O)[C@H](/C=C/[C@H]2CCC(C)(C)[C@]2(O)C(=O)OC(C)C)CCC1(C)C. The molecule has 0 heterocycles. The number of carbonyl (C=O) groups is 2. The highest BCUT2D eigenvalue weighted by Crippen LogP contribution is 2.53. The van der Waals surface area contributed by atoms with E-state index in [1.807, 2.05) is 27.7 Å². The zero-order valence-corrected chi connectivity index (χ0v) is 19.8. The molecule has 2 saturated carbocycles. The van der Waals surface area contributed by atoms with Crippen LogP contribution in [0.25, 0.3) is 0 Å². The maximum atomic E-state index is 12.8. The van der Waals surface area contributed by atoms with Crippen LogP contribution in [-0.2, 0) is 19.1 Å². The topological polar surface area (TPSA) is 93.1 Å². The molecular weight excluding hydrogens is 384 g/mol. The molecule has 0 aromatic carbocycles. The molecule has 2 aliphatic rings. The second kappa shape index (κ2) is 8.27. The lowest BCUT2D eigenvalue weighted by molar-refractivity contribution is -0.185. The zero-order valence-electron chi connectivity index (χ0n) is 19.8. The molecule has 0 amide bonds. The number of esters is 2. The first-order valence-corrected chi connectivity index (χ1v) is 11.1. The van der Waals surface area contributed by atoms with Crippen LogP contribution >= 0.6 is 0 Å². The first-order chi connectivity index (χ1) is 13.6. The summed E-state index contributed by atoms with van der Waals surface area (Å²) in [6, 6.07) is 0. The fraction of sp³-hybridized carbons (Fsp3) is 0.833. The largest absolute Gasteiger partial charge is 0.461 e. The number of carbonyl (C=O) groups excluding carboxylic acids is 2. The van der Waals surface area contributed by atoms with E-state index in [2.05, 4.69) is 0 Å². The Kier molecular flexibility index (Phi) is 6.85. The summed E-state index contributed by atoms with van der Waals surface area (Å²) in [5.74, 6) is -2.13. The minimum absolute atomic E-state index is 0.325. The maximum absolute atomic E-state index is 12.8. The summed E-state index contributed by atoms with van der Waals surface area (Å²) in [5, 5.41) is 22.9. The fourth-order valence-electron chi connectivity index (χ4n) is 5.04. The molecule has 0 aromatic rings. The van der Waals surface area contributed by atoms with Crippen LogP contribution < -0.4 is 0 Å². The first kappa shape index (κ1) is 24.9. The van der Waals surface area contributed by atoms with Gasteiger partial charge < -0.3 is 19.7 Å². The van der Waals surface area contributed by atoms with Gasteiger partial charge in [0.1, 0.15) is 0 Å². The van der Waals surface area contributed by atoms with Gasteiger partial charge in [-0.15, -0.1) is 0 Å². The van der Waals surface area contributed by atoms with Crippen molar-refractivity contribution in [2.75, 3.05) is 0 Å². The maximum Gasteiger partial charge on any atom is 0.339 e. The van der Waals surface area contributed by atoms with Gasteiger partial charge in [-0.2, -0.15) is 0 Å². The van der Waals surface area contributed by atoms with E-state index in [-0.39, 0.29) is 12.2 Å². The third-order valence-corrected chi connectivity index (χ3v) is 7.18. The van der Waals surface area contributed by atoms with Gasteiger partial charge in [0.25, 0.3) is 0 Å². The molecule has 0 saturated heterocycles. The summed E-state index contributed by atoms with van der Waals surface area (Å²) in [4.78, 5) is 25.7. The third-order valence-electron chi connectivity index (χ3n) is 7.18. The monoisotopic (exact) mass is 424 g/mol. The number of hydrogen-bond acceptors (Lipinski definition) is 6. The van der Waals surface area contributed by atoms with E-state index in [1.165, 1.54) is 0 Å². The Balaban J connectivity index is 2.34. The van der Waals surface area contributed by atoms with Gasteiger partial charge in [-0.05, 0) is 53.4 Å². The molecule has 0 radical (unpaired) electrons. The Hall–Kier alpha value is -1.40. The summed E-state index contributed by atoms with van der Waals surface area (Å²) >= 11 is 0. The molecule has 30 heavy (non-hydrogen) atoms. The minimum atomic E-state index is -1.65. The van der Waals surface area contributed by atoms with E-state index in [4.69, 9.17) is 9.47 Å². The fourth-order valence-corrected chi connectivity index (χ4v) is 5.04. The van der Waals surface area contributed by atoms with Gasteiger partial charge in [-0.1, -0.05) is 39.8 Å². The molecule has 0 spiro atoms. The van der Waals surface area contributed by atoms with E-state index >= 15 is 0 Å². The highest BCUT2D eigenvalue weighted by atomic mass is 16.6. The molecule has 6 heteroatoms. The van der Waals surface area contributed by atoms with E-state index < -0.39 is 45.8 Å². The molecule has 4 atom stereocenters. The van der Waals surface area contributed by atoms with Crippen molar-refractivity contribution in [3.8, 4) is 0 Å². The summed E-state index contributed by atoms with van der Waals surface area (Å²) in [6.45, 7) is 14.5. The Morgan fingerprint density at radius 2 is 1.07 bits per heavy atom. The Morgan fingerprint density at radius 1 is 0.767 bits per heavy atom. The van der Waals surface area contributed by atoms with Crippen molar-refractivity contribution < 1.29 is 29.3 Å². The molecule has 0 aliphatic heterocycles. The Labute approximate surface area is 181 Å². The van der Waals surface area contributed by atoms with Crippen molar-refractivity contribution in [1.29, 1.82) is 0 Å². The lowest BCUT2D eigenvalue weighted by Crippen LogP contribution is -2.54. The Bertz CT molecular complexity index is 634. The van der Waals surface area contributed by atoms with E-state index in [0.29, 0.717) is 25.7 Å². The van der Waals surface area contributed by atoms with Crippen molar-refractivity contribution in [3.63, 3.8) is 0 Å². The summed E-state index contributed by atoms with van der Waals surface area (Å²) in [7, 11) is 0. The zero-order chi connectivity index (χ0) is 23.1. The smallest absolute Gasteiger partial charge is 0.339 e. The van der Waals surface area contributed by atoms with Gasteiger partial charge in [0.15, 0.2) is 11.2 Å². The quantitative estimate of drug-likeness (QED) is 0.498. The van der Waals surface area contributed by atoms with E-state index in [1.54, 1.807) is 39.8 Å². The van der Waals surface area contributed by atoms with Crippen LogP contribution in [0, 0.1) is 22.7 Å². The minimum Gasteiger partial charge on any atom is -0.461 e. The van der Waals surface area contributed by atoms with Crippen molar-refractivity contribution in [2.24, 2.45) is 22.7 Å². The van der Waals surface area contributed by atoms with Crippen LogP contribution in [0.2, 0.25) is 0 Å². The molecule has 0 aromatic heterocycles. The average Bonchev–Trinajstić information content (AvgIpc) is 2.97. The van der Waals surface area contributed by atoms with E-state index in [0.717, 1.165) is 0 Å². The van der Waals surface area contributed by atoms with Gasteiger partial charge in [-0.25, -0.2) is 9.59 Å². The first-order valence-electron chi connectivity index (χ1n) is 11.1. The van der Waals surface area contributed by atoms with Crippen molar-refractivity contribution in [3.05, 3.63) is 12.2 Å². The van der Waals surface area contributed by atoms with Gasteiger partial charge >= 0.3 is 11.9 Å². The molecule has 2 N–H and O–H groups in total. The summed E-state index contributed by atoms with van der Waals surface area (Å²) in [6.07, 6.45) is 5.54. The second-order valence-corrected chi connectivity index (χ2v) is 10.9. The van der Waals surface area contributed by atoms with Crippen LogP contribution in [0.5, 0.6) is 0 Å². The number of hydrogen-bond donors (Lipinski definition) is 2. The highest BCUT2D eigenvalue weighted by molar-refractivity contribution is 5.83. The Morgan fingerprint density at radius 3 is 1.33 bits per heavy atom. The van der Waals surface area contributed by atoms with Crippen LogP contribution in [0.3, 0.4) is 0 Å². The lowest BCUT2D eigenvalue weighted by atomic mass is 9.72. The number of rotatable bonds is 6. The normalized spacial score (nSPS) is 35.3. The van der Waals surface area contributed by atoms with Crippen LogP contribution in [-0.4, -0.2) is 45.6 Å². The van der Waals surface area contributed by atoms with Crippen LogP contribution in [0.4, 0.5) is 0 Å². The summed E-state index contributed by atoms with van der Waals surface area (Å²) in [5.41, 5.74) is -4.59. The molecule has 2 aliphatic carbocycles. The van der Waals surface area contributed by atoms with Crippen molar-refractivity contribution >= 4 is 11.9 Å². The molecular formula is C24H40O6. The van der Waals surface area contributed by atoms with Gasteiger partial charge in [0.05, 0.1) is 12.2 Å². The highest BCUT2D eigenvalue weighted by Gasteiger charge is 2.61. The van der Waals surface area contributed by atoms with Gasteiger partial charge in [0.2, 0.25) is 0 Å². The van der Waals surface area contributed by atoms with Crippen molar-refractivity contribution in [2.45, 2.75) is 104 Å². The predicted octanol–water partition coefficient (Wildman–Crippen LogP) is 3.78. The molecule has 0 unspecified atom stereocenters. The molecule has 2 rings (SSSR count). The number of ether oxygens (including phenoxy) is 2. The van der Waals surface area contributed by atoms with Gasteiger partial charge in [0, 0.05) is 22.7 Å². The lowest BCUT2D eigenvalue weighted by Gasteiger charge is -2.39. The molecule has 0 bridgehead atoms. The molecule has 6 nitrogen and oxygen atoms in total. The van der Waals surface area contributed by atoms with Gasteiger partial charge in [-0.3, -0.25) is 0 Å². The van der Waals surface area contributed by atoms with Crippen LogP contribution in [0.1, 0.15) is 81.1 Å². The predicted molar refractivity (Wildman–Crippen MR) is 115 cm³/mol. The van der Waals surface area contributed by atoms with Crippen LogP contribution in [0.15, 0.2) is 12.2 Å².